The van der Waals surface area contributed by atoms with Crippen molar-refractivity contribution >= 4 is 14.5 Å². The number of hydrogen-bond acceptors (Lipinski definition) is 0. The maximum atomic E-state index is 3.52. The number of rotatable bonds is 1. The lowest BCUT2D eigenvalue weighted by Crippen LogP contribution is -2.05. The van der Waals surface area contributed by atoms with Crippen molar-refractivity contribution < 1.29 is 0 Å². The molecule has 1 heteroatoms. The molecular weight excluding hydrogens is 175 g/mol. The molecule has 1 fully saturated rings. The zero-order valence-corrected chi connectivity index (χ0v) is 8.92. The molecule has 1 aromatic rings. The van der Waals surface area contributed by atoms with Crippen LogP contribution in [0.15, 0.2) is 24.3 Å². The molecule has 13 heavy (non-hydrogen) atoms. The largest absolute Gasteiger partial charge is 0.0634 e. The fraction of sp³-hybridized carbons (Fsp3) is 0.500. The van der Waals surface area contributed by atoms with E-state index in [-0.39, 0.29) is 0 Å². The molecule has 0 N–H and O–H groups in total. The third kappa shape index (κ3) is 2.31. The van der Waals surface area contributed by atoms with Crippen LogP contribution in [0, 0.1) is 0 Å². The van der Waals surface area contributed by atoms with E-state index in [0.717, 1.165) is 5.92 Å². The van der Waals surface area contributed by atoms with E-state index >= 15 is 0 Å². The van der Waals surface area contributed by atoms with Gasteiger partial charge in [-0.05, 0) is 29.6 Å². The van der Waals surface area contributed by atoms with Crippen molar-refractivity contribution in [3.05, 3.63) is 29.8 Å². The molecule has 1 aliphatic rings. The van der Waals surface area contributed by atoms with Gasteiger partial charge in [0.25, 0.3) is 0 Å². The Bertz CT molecular complexity index is 257. The van der Waals surface area contributed by atoms with Gasteiger partial charge in [0.05, 0.1) is 0 Å². The third-order valence-electron chi connectivity index (χ3n) is 2.99. The van der Waals surface area contributed by atoms with Gasteiger partial charge < -0.3 is 0 Å². The molecule has 1 aromatic carbocycles. The molecule has 0 aromatic heterocycles. The van der Waals surface area contributed by atoms with Crippen molar-refractivity contribution in [3.8, 4) is 0 Å². The molecule has 0 aliphatic heterocycles. The van der Waals surface area contributed by atoms with Gasteiger partial charge in [-0.3, -0.25) is 0 Å². The predicted molar refractivity (Wildman–Crippen MR) is 60.2 cm³/mol. The lowest BCUT2D eigenvalue weighted by atomic mass is 9.84. The van der Waals surface area contributed by atoms with Gasteiger partial charge in [0, 0.05) is 0 Å². The van der Waals surface area contributed by atoms with Gasteiger partial charge >= 0.3 is 0 Å². The summed E-state index contributed by atoms with van der Waals surface area (Å²) in [5.74, 6) is 0.834. The average molecular weight is 191 g/mol. The van der Waals surface area contributed by atoms with Crippen LogP contribution in [0.1, 0.15) is 43.6 Å². The van der Waals surface area contributed by atoms with E-state index in [1.165, 1.54) is 43.0 Å². The Labute approximate surface area is 82.9 Å². The molecule has 0 nitrogen and oxygen atoms in total. The fourth-order valence-corrected chi connectivity index (χ4v) is 2.36. The van der Waals surface area contributed by atoms with Gasteiger partial charge in [-0.1, -0.05) is 52.8 Å². The standard InChI is InChI=1S/C12H16P/c13-12-8-6-11(7-9-12)10-4-2-1-3-5-10/h6-10,13H,1-5H2. The Hall–Kier alpha value is -0.350. The van der Waals surface area contributed by atoms with Gasteiger partial charge in [-0.25, -0.2) is 0 Å². The van der Waals surface area contributed by atoms with Crippen LogP contribution in [0.25, 0.3) is 0 Å². The molecular formula is C12H16P. The van der Waals surface area contributed by atoms with E-state index in [9.17, 15) is 0 Å². The van der Waals surface area contributed by atoms with Crippen molar-refractivity contribution in [1.82, 2.24) is 0 Å². The minimum Gasteiger partial charge on any atom is -0.0634 e. The van der Waals surface area contributed by atoms with E-state index < -0.39 is 0 Å². The molecule has 0 bridgehead atoms. The molecule has 0 unspecified atom stereocenters. The SMILES string of the molecule is [PH]c1ccc(C2CCCCC2)cc1. The van der Waals surface area contributed by atoms with E-state index in [1.54, 1.807) is 0 Å². The maximum Gasteiger partial charge on any atom is -0.0162 e. The predicted octanol–water partition coefficient (Wildman–Crippen LogP) is 3.50. The van der Waals surface area contributed by atoms with E-state index in [0.29, 0.717) is 0 Å². The summed E-state index contributed by atoms with van der Waals surface area (Å²) < 4.78 is 0. The summed E-state index contributed by atoms with van der Waals surface area (Å²) in [7, 11) is 3.52. The summed E-state index contributed by atoms with van der Waals surface area (Å²) in [5, 5.41) is 1.18. The molecule has 1 radical (unpaired) electrons. The first-order valence-corrected chi connectivity index (χ1v) is 5.68. The first-order chi connectivity index (χ1) is 6.36. The summed E-state index contributed by atoms with van der Waals surface area (Å²) in [6, 6.07) is 8.83. The summed E-state index contributed by atoms with van der Waals surface area (Å²) in [6.07, 6.45) is 7.05. The van der Waals surface area contributed by atoms with Crippen LogP contribution in [0.2, 0.25) is 0 Å². The van der Waals surface area contributed by atoms with Gasteiger partial charge in [0.15, 0.2) is 0 Å². The molecule has 0 amide bonds. The zero-order valence-electron chi connectivity index (χ0n) is 7.92. The van der Waals surface area contributed by atoms with Crippen molar-refractivity contribution in [2.75, 3.05) is 0 Å². The number of benzene rings is 1. The van der Waals surface area contributed by atoms with Gasteiger partial charge in [0.2, 0.25) is 0 Å². The zero-order chi connectivity index (χ0) is 9.10. The quantitative estimate of drug-likeness (QED) is 0.596. The smallest absolute Gasteiger partial charge is 0.0162 e. The Kier molecular flexibility index (Phi) is 3.01. The second-order valence-electron chi connectivity index (χ2n) is 3.96. The Morgan fingerprint density at radius 3 is 2.15 bits per heavy atom. The molecule has 0 saturated heterocycles. The van der Waals surface area contributed by atoms with Crippen molar-refractivity contribution in [2.45, 2.75) is 38.0 Å². The summed E-state index contributed by atoms with van der Waals surface area (Å²) in [6.45, 7) is 0. The fourth-order valence-electron chi connectivity index (χ4n) is 2.19. The summed E-state index contributed by atoms with van der Waals surface area (Å²) in [4.78, 5) is 0. The molecule has 0 heterocycles. The second kappa shape index (κ2) is 4.24. The lowest BCUT2D eigenvalue weighted by Gasteiger charge is -2.21. The van der Waals surface area contributed by atoms with Crippen LogP contribution in [0.3, 0.4) is 0 Å². The molecule has 1 saturated carbocycles. The van der Waals surface area contributed by atoms with Crippen LogP contribution >= 0.6 is 9.24 Å². The van der Waals surface area contributed by atoms with Crippen molar-refractivity contribution in [3.63, 3.8) is 0 Å². The van der Waals surface area contributed by atoms with Crippen LogP contribution in [0.4, 0.5) is 0 Å². The van der Waals surface area contributed by atoms with Crippen LogP contribution in [-0.2, 0) is 0 Å². The first-order valence-electron chi connectivity index (χ1n) is 5.18. The highest BCUT2D eigenvalue weighted by molar-refractivity contribution is 7.27. The average Bonchev–Trinajstić information content (AvgIpc) is 2.20. The normalized spacial score (nSPS) is 18.8. The van der Waals surface area contributed by atoms with Crippen molar-refractivity contribution in [2.24, 2.45) is 0 Å². The number of hydrogen-bond donors (Lipinski definition) is 0. The van der Waals surface area contributed by atoms with Gasteiger partial charge in [-0.15, -0.1) is 0 Å². The highest BCUT2D eigenvalue weighted by Crippen LogP contribution is 2.32. The topological polar surface area (TPSA) is 0 Å². The molecule has 0 spiro atoms. The van der Waals surface area contributed by atoms with E-state index in [1.807, 2.05) is 0 Å². The van der Waals surface area contributed by atoms with Crippen LogP contribution in [-0.4, -0.2) is 0 Å². The minimum absolute atomic E-state index is 0.834. The first kappa shape index (κ1) is 9.21. The summed E-state index contributed by atoms with van der Waals surface area (Å²) in [5.41, 5.74) is 1.53. The molecule has 1 aliphatic carbocycles. The molecule has 0 atom stereocenters. The molecule has 2 rings (SSSR count). The van der Waals surface area contributed by atoms with Crippen LogP contribution < -0.4 is 5.30 Å². The monoisotopic (exact) mass is 191 g/mol. The Balaban J connectivity index is 2.10. The Morgan fingerprint density at radius 2 is 1.54 bits per heavy atom. The highest BCUT2D eigenvalue weighted by atomic mass is 31.0. The van der Waals surface area contributed by atoms with Crippen LogP contribution in [0.5, 0.6) is 0 Å². The highest BCUT2D eigenvalue weighted by Gasteiger charge is 2.14. The second-order valence-corrected chi connectivity index (χ2v) is 4.53. The lowest BCUT2D eigenvalue weighted by molar-refractivity contribution is 0.443. The third-order valence-corrected chi connectivity index (χ3v) is 3.32. The molecule has 69 valence electrons. The van der Waals surface area contributed by atoms with E-state index in [4.69, 9.17) is 0 Å². The van der Waals surface area contributed by atoms with Gasteiger partial charge in [-0.2, -0.15) is 0 Å². The minimum atomic E-state index is 0.834. The Morgan fingerprint density at radius 1 is 0.923 bits per heavy atom. The maximum absolute atomic E-state index is 3.52. The van der Waals surface area contributed by atoms with Crippen molar-refractivity contribution in [1.29, 1.82) is 0 Å². The van der Waals surface area contributed by atoms with E-state index in [2.05, 4.69) is 33.5 Å². The van der Waals surface area contributed by atoms with Gasteiger partial charge in [0.1, 0.15) is 0 Å². The summed E-state index contributed by atoms with van der Waals surface area (Å²) >= 11 is 0.